The van der Waals surface area contributed by atoms with E-state index in [2.05, 4.69) is 40.8 Å². The third-order valence-corrected chi connectivity index (χ3v) is 2.81. The molecule has 0 aromatic heterocycles. The van der Waals surface area contributed by atoms with Crippen LogP contribution in [0.4, 0.5) is 0 Å². The van der Waals surface area contributed by atoms with Gasteiger partial charge in [-0.05, 0) is 37.2 Å². The van der Waals surface area contributed by atoms with Crippen LogP contribution < -0.4 is 10.1 Å². The molecule has 1 aromatic carbocycles. The molecule has 0 bridgehead atoms. The summed E-state index contributed by atoms with van der Waals surface area (Å²) in [6, 6.07) is 6.05. The molecule has 0 aliphatic heterocycles. The fourth-order valence-corrected chi connectivity index (χ4v) is 1.71. The van der Waals surface area contributed by atoms with Gasteiger partial charge in [0.25, 0.3) is 0 Å². The Balaban J connectivity index is 2.73. The number of nitrogens with one attached hydrogen (secondary N) is 1. The van der Waals surface area contributed by atoms with Crippen LogP contribution in [0.25, 0.3) is 0 Å². The summed E-state index contributed by atoms with van der Waals surface area (Å²) in [5.41, 5.74) is 2.26. The SMILES string of the molecule is C=C(CC)COc1ccc(Br)cc1CNC. The van der Waals surface area contributed by atoms with Gasteiger partial charge in [0.15, 0.2) is 0 Å². The molecular weight excluding hydrogens is 266 g/mol. The van der Waals surface area contributed by atoms with Crippen LogP contribution in [0.15, 0.2) is 34.8 Å². The van der Waals surface area contributed by atoms with Crippen LogP contribution in [0.3, 0.4) is 0 Å². The van der Waals surface area contributed by atoms with Crippen LogP contribution in [0.1, 0.15) is 18.9 Å². The van der Waals surface area contributed by atoms with Crippen molar-refractivity contribution in [3.63, 3.8) is 0 Å². The minimum Gasteiger partial charge on any atom is -0.489 e. The van der Waals surface area contributed by atoms with E-state index in [-0.39, 0.29) is 0 Å². The normalized spacial score (nSPS) is 10.2. The van der Waals surface area contributed by atoms with Gasteiger partial charge in [0.05, 0.1) is 0 Å². The average molecular weight is 284 g/mol. The predicted molar refractivity (Wildman–Crippen MR) is 71.8 cm³/mol. The molecule has 0 spiro atoms. The maximum absolute atomic E-state index is 5.74. The number of benzene rings is 1. The Labute approximate surface area is 106 Å². The highest BCUT2D eigenvalue weighted by Gasteiger charge is 2.04. The topological polar surface area (TPSA) is 21.3 Å². The second-order valence-electron chi connectivity index (χ2n) is 3.67. The van der Waals surface area contributed by atoms with Crippen molar-refractivity contribution in [3.05, 3.63) is 40.4 Å². The van der Waals surface area contributed by atoms with Crippen molar-refractivity contribution >= 4 is 15.9 Å². The molecule has 88 valence electrons. The molecule has 1 aromatic rings. The lowest BCUT2D eigenvalue weighted by Gasteiger charge is -2.12. The quantitative estimate of drug-likeness (QED) is 0.807. The van der Waals surface area contributed by atoms with E-state index in [0.29, 0.717) is 6.61 Å². The Kier molecular flexibility index (Phi) is 5.56. The van der Waals surface area contributed by atoms with Crippen molar-refractivity contribution in [2.24, 2.45) is 0 Å². The standard InChI is InChI=1S/C13H18BrNO/c1-4-10(2)9-16-13-6-5-12(14)7-11(13)8-15-3/h5-7,15H,2,4,8-9H2,1,3H3. The monoisotopic (exact) mass is 283 g/mol. The average Bonchev–Trinajstić information content (AvgIpc) is 2.28. The minimum atomic E-state index is 0.592. The Bertz CT molecular complexity index is 363. The lowest BCUT2D eigenvalue weighted by Crippen LogP contribution is -2.08. The van der Waals surface area contributed by atoms with Gasteiger partial charge in [0.1, 0.15) is 12.4 Å². The first kappa shape index (κ1) is 13.3. The molecule has 0 unspecified atom stereocenters. The van der Waals surface area contributed by atoms with Crippen LogP contribution in [0.2, 0.25) is 0 Å². The number of halogens is 1. The van der Waals surface area contributed by atoms with Crippen LogP contribution in [-0.2, 0) is 6.54 Å². The van der Waals surface area contributed by atoms with Crippen molar-refractivity contribution < 1.29 is 4.74 Å². The zero-order valence-corrected chi connectivity index (χ0v) is 11.4. The lowest BCUT2D eigenvalue weighted by molar-refractivity contribution is 0.344. The zero-order valence-electron chi connectivity index (χ0n) is 9.85. The minimum absolute atomic E-state index is 0.592. The molecule has 1 rings (SSSR count). The summed E-state index contributed by atoms with van der Waals surface area (Å²) in [5, 5.41) is 3.13. The van der Waals surface area contributed by atoms with Crippen LogP contribution in [0, 0.1) is 0 Å². The van der Waals surface area contributed by atoms with Crippen LogP contribution in [0.5, 0.6) is 5.75 Å². The molecule has 0 fully saturated rings. The molecule has 0 saturated carbocycles. The number of hydrogen-bond acceptors (Lipinski definition) is 2. The maximum atomic E-state index is 5.74. The highest BCUT2D eigenvalue weighted by atomic mass is 79.9. The van der Waals surface area contributed by atoms with Crippen molar-refractivity contribution in [3.8, 4) is 5.75 Å². The second kappa shape index (κ2) is 6.71. The van der Waals surface area contributed by atoms with Gasteiger partial charge < -0.3 is 10.1 Å². The maximum Gasteiger partial charge on any atom is 0.124 e. The molecule has 1 N–H and O–H groups in total. The number of hydrogen-bond donors (Lipinski definition) is 1. The smallest absolute Gasteiger partial charge is 0.124 e. The summed E-state index contributed by atoms with van der Waals surface area (Å²) in [6.07, 6.45) is 0.956. The Hall–Kier alpha value is -0.800. The third-order valence-electron chi connectivity index (χ3n) is 2.32. The van der Waals surface area contributed by atoms with Crippen molar-refractivity contribution in [1.82, 2.24) is 5.32 Å². The highest BCUT2D eigenvalue weighted by Crippen LogP contribution is 2.23. The molecule has 2 nitrogen and oxygen atoms in total. The van der Waals surface area contributed by atoms with Crippen LogP contribution in [-0.4, -0.2) is 13.7 Å². The summed E-state index contributed by atoms with van der Waals surface area (Å²) in [7, 11) is 1.93. The van der Waals surface area contributed by atoms with Gasteiger partial charge in [-0.1, -0.05) is 29.4 Å². The fourth-order valence-electron chi connectivity index (χ4n) is 1.30. The van der Waals surface area contributed by atoms with E-state index in [4.69, 9.17) is 4.74 Å². The summed E-state index contributed by atoms with van der Waals surface area (Å²) in [4.78, 5) is 0. The van der Waals surface area contributed by atoms with E-state index in [9.17, 15) is 0 Å². The molecule has 0 heterocycles. The van der Waals surface area contributed by atoms with Gasteiger partial charge in [-0.25, -0.2) is 0 Å². The van der Waals surface area contributed by atoms with Crippen LogP contribution >= 0.6 is 15.9 Å². The Morgan fingerprint density at radius 2 is 2.25 bits per heavy atom. The first-order valence-electron chi connectivity index (χ1n) is 5.39. The van der Waals surface area contributed by atoms with E-state index < -0.39 is 0 Å². The molecular formula is C13H18BrNO. The molecule has 0 aliphatic rings. The zero-order chi connectivity index (χ0) is 12.0. The highest BCUT2D eigenvalue weighted by molar-refractivity contribution is 9.10. The summed E-state index contributed by atoms with van der Waals surface area (Å²) >= 11 is 3.46. The van der Waals surface area contributed by atoms with Gasteiger partial charge in [0.2, 0.25) is 0 Å². The summed E-state index contributed by atoms with van der Waals surface area (Å²) in [5.74, 6) is 0.923. The first-order chi connectivity index (χ1) is 7.67. The molecule has 0 amide bonds. The predicted octanol–water partition coefficient (Wildman–Crippen LogP) is 3.51. The van der Waals surface area contributed by atoms with Gasteiger partial charge in [0, 0.05) is 16.6 Å². The van der Waals surface area contributed by atoms with E-state index >= 15 is 0 Å². The van der Waals surface area contributed by atoms with Gasteiger partial charge in [-0.2, -0.15) is 0 Å². The van der Waals surface area contributed by atoms with Gasteiger partial charge in [-0.3, -0.25) is 0 Å². The van der Waals surface area contributed by atoms with Gasteiger partial charge >= 0.3 is 0 Å². The largest absolute Gasteiger partial charge is 0.489 e. The van der Waals surface area contributed by atoms with Crippen molar-refractivity contribution in [1.29, 1.82) is 0 Å². The molecule has 3 heteroatoms. The lowest BCUT2D eigenvalue weighted by atomic mass is 10.2. The Morgan fingerprint density at radius 1 is 1.50 bits per heavy atom. The summed E-state index contributed by atoms with van der Waals surface area (Å²) in [6.45, 7) is 7.41. The van der Waals surface area contributed by atoms with E-state index in [1.165, 1.54) is 0 Å². The van der Waals surface area contributed by atoms with E-state index in [1.807, 2.05) is 19.2 Å². The van der Waals surface area contributed by atoms with Gasteiger partial charge in [-0.15, -0.1) is 0 Å². The Morgan fingerprint density at radius 3 is 2.88 bits per heavy atom. The molecule has 0 atom stereocenters. The van der Waals surface area contributed by atoms with E-state index in [0.717, 1.165) is 34.3 Å². The second-order valence-corrected chi connectivity index (χ2v) is 4.59. The fraction of sp³-hybridized carbons (Fsp3) is 0.385. The number of ether oxygens (including phenoxy) is 1. The molecule has 0 radical (unpaired) electrons. The summed E-state index contributed by atoms with van der Waals surface area (Å²) < 4.78 is 6.81. The molecule has 16 heavy (non-hydrogen) atoms. The third kappa shape index (κ3) is 3.99. The molecule has 0 saturated heterocycles. The first-order valence-corrected chi connectivity index (χ1v) is 6.19. The van der Waals surface area contributed by atoms with Crippen molar-refractivity contribution in [2.45, 2.75) is 19.9 Å². The molecule has 0 aliphatic carbocycles. The van der Waals surface area contributed by atoms with Crippen molar-refractivity contribution in [2.75, 3.05) is 13.7 Å². The number of rotatable bonds is 6. The van der Waals surface area contributed by atoms with E-state index in [1.54, 1.807) is 0 Å².